The van der Waals surface area contributed by atoms with Gasteiger partial charge in [-0.05, 0) is 86.5 Å². The highest BCUT2D eigenvalue weighted by atomic mass is 16.2. The first-order chi connectivity index (χ1) is 10.9. The minimum Gasteiger partial charge on any atom is -0.300 e. The molecular weight excluding hydrogens is 286 g/mol. The highest BCUT2D eigenvalue weighted by Gasteiger charge is 2.59. The van der Waals surface area contributed by atoms with E-state index >= 15 is 0 Å². The van der Waals surface area contributed by atoms with Gasteiger partial charge in [-0.2, -0.15) is 0 Å². The Balaban J connectivity index is 1.67. The van der Waals surface area contributed by atoms with Crippen molar-refractivity contribution in [2.45, 2.75) is 72.1 Å². The van der Waals surface area contributed by atoms with E-state index in [-0.39, 0.29) is 10.8 Å². The smallest absolute Gasteiger partial charge is 0.155 e. The summed E-state index contributed by atoms with van der Waals surface area (Å²) in [6.45, 7) is 6.65. The maximum Gasteiger partial charge on any atom is 0.155 e. The summed E-state index contributed by atoms with van der Waals surface area (Å²) in [4.78, 5) is 24.0. The Bertz CT molecular complexity index is 589. The monoisotopic (exact) mass is 316 g/mol. The molecule has 2 heteroatoms. The Hall–Kier alpha value is -0.920. The van der Waals surface area contributed by atoms with Crippen LogP contribution in [0.5, 0.6) is 0 Å². The van der Waals surface area contributed by atoms with E-state index in [1.165, 1.54) is 31.3 Å². The summed E-state index contributed by atoms with van der Waals surface area (Å²) in [5, 5.41) is 0. The second kappa shape index (κ2) is 5.04. The number of allylic oxidation sites excluding steroid dienone is 1. The molecule has 0 bridgehead atoms. The molecule has 0 unspecified atom stereocenters. The summed E-state index contributed by atoms with van der Waals surface area (Å²) in [5.74, 6) is 3.29. The summed E-state index contributed by atoms with van der Waals surface area (Å²) in [6, 6.07) is 0. The molecule has 2 nitrogen and oxygen atoms in total. The molecule has 23 heavy (non-hydrogen) atoms. The van der Waals surface area contributed by atoms with E-state index in [4.69, 9.17) is 0 Å². The van der Waals surface area contributed by atoms with Gasteiger partial charge >= 0.3 is 0 Å². The van der Waals surface area contributed by atoms with Crippen molar-refractivity contribution in [3.05, 3.63) is 11.6 Å². The van der Waals surface area contributed by atoms with Gasteiger partial charge in [0, 0.05) is 12.3 Å². The van der Waals surface area contributed by atoms with E-state index in [2.05, 4.69) is 13.8 Å². The number of hydrogen-bond donors (Lipinski definition) is 0. The maximum absolute atomic E-state index is 12.1. The zero-order valence-corrected chi connectivity index (χ0v) is 14.9. The van der Waals surface area contributed by atoms with Crippen LogP contribution in [0.25, 0.3) is 0 Å². The van der Waals surface area contributed by atoms with Crippen molar-refractivity contribution >= 4 is 11.6 Å². The van der Waals surface area contributed by atoms with Crippen molar-refractivity contribution in [3.8, 4) is 0 Å². The summed E-state index contributed by atoms with van der Waals surface area (Å²) in [6.07, 6.45) is 10.9. The predicted octanol–water partition coefficient (Wildman–Crippen LogP) is 4.72. The molecule has 3 fully saturated rings. The van der Waals surface area contributed by atoms with E-state index in [0.29, 0.717) is 17.5 Å². The lowest BCUT2D eigenvalue weighted by Crippen LogP contribution is -2.51. The van der Waals surface area contributed by atoms with E-state index in [9.17, 15) is 9.59 Å². The standard InChI is InChI=1S/C21H30O2/c1-13(22)17-6-7-18-16-5-4-14-12-15(23)8-10-20(14,2)19(16)9-11-21(17,18)3/h12,16-19H,4-11H2,1-3H3/t16-,17+,18-,19-,20-,21+/m0/s1/i17+2. The number of Topliss-reactive ketones (excluding diaryl/α,β-unsaturated/α-hetero) is 1. The fraction of sp³-hybridized carbons (Fsp3) is 0.810. The quantitative estimate of drug-likeness (QED) is 0.701. The molecule has 0 aromatic rings. The average Bonchev–Trinajstić information content (AvgIpc) is 2.85. The Morgan fingerprint density at radius 3 is 2.65 bits per heavy atom. The molecule has 0 heterocycles. The molecule has 0 N–H and O–H groups in total. The zero-order chi connectivity index (χ0) is 16.4. The number of fused-ring (bicyclic) bond motifs is 5. The molecule has 3 saturated carbocycles. The topological polar surface area (TPSA) is 34.1 Å². The molecule has 0 saturated heterocycles. The Kier molecular flexibility index (Phi) is 3.42. The van der Waals surface area contributed by atoms with Gasteiger partial charge in [-0.3, -0.25) is 9.59 Å². The van der Waals surface area contributed by atoms with Gasteiger partial charge in [0.25, 0.3) is 0 Å². The highest BCUT2D eigenvalue weighted by molar-refractivity contribution is 5.91. The Morgan fingerprint density at radius 1 is 1.13 bits per heavy atom. The first kappa shape index (κ1) is 15.6. The lowest BCUT2D eigenvalue weighted by atomic mass is 9.48. The summed E-state index contributed by atoms with van der Waals surface area (Å²) < 4.78 is 0. The molecule has 0 radical (unpaired) electrons. The fourth-order valence-electron chi connectivity index (χ4n) is 7.23. The first-order valence-electron chi connectivity index (χ1n) is 9.60. The van der Waals surface area contributed by atoms with Gasteiger partial charge in [0.2, 0.25) is 0 Å². The molecule has 0 aromatic heterocycles. The minimum absolute atomic E-state index is 0.245. The number of hydrogen-bond acceptors (Lipinski definition) is 2. The van der Waals surface area contributed by atoms with Crippen LogP contribution in [-0.4, -0.2) is 11.6 Å². The molecule has 0 aliphatic heterocycles. The number of carbonyl (C=O) groups excluding carboxylic acids is 2. The van der Waals surface area contributed by atoms with Crippen molar-refractivity contribution in [2.75, 3.05) is 0 Å². The van der Waals surface area contributed by atoms with E-state index in [1.54, 1.807) is 6.92 Å². The number of rotatable bonds is 1. The largest absolute Gasteiger partial charge is 0.300 e. The molecule has 4 rings (SSSR count). The van der Waals surface area contributed by atoms with Gasteiger partial charge < -0.3 is 0 Å². The van der Waals surface area contributed by atoms with E-state index in [1.807, 2.05) is 6.08 Å². The Labute approximate surface area is 140 Å². The second-order valence-electron chi connectivity index (χ2n) is 9.25. The number of ketones is 2. The fourth-order valence-corrected chi connectivity index (χ4v) is 7.23. The van der Waals surface area contributed by atoms with Crippen LogP contribution in [-0.2, 0) is 9.59 Å². The van der Waals surface area contributed by atoms with Crippen LogP contribution in [0.1, 0.15) is 72.1 Å². The lowest BCUT2D eigenvalue weighted by molar-refractivity contribution is -0.128. The van der Waals surface area contributed by atoms with E-state index < -0.39 is 0 Å². The molecular formula is C21H30O2. The summed E-state index contributed by atoms with van der Waals surface area (Å²) >= 11 is 0. The van der Waals surface area contributed by atoms with Crippen molar-refractivity contribution < 1.29 is 9.59 Å². The van der Waals surface area contributed by atoms with Crippen LogP contribution in [0.3, 0.4) is 0 Å². The van der Waals surface area contributed by atoms with Gasteiger partial charge in [-0.15, -0.1) is 0 Å². The highest BCUT2D eigenvalue weighted by Crippen LogP contribution is 2.66. The zero-order valence-electron chi connectivity index (χ0n) is 14.9. The molecule has 0 amide bonds. The third kappa shape index (κ3) is 2.06. The molecule has 126 valence electrons. The second-order valence-corrected chi connectivity index (χ2v) is 9.25. The van der Waals surface area contributed by atoms with Crippen molar-refractivity contribution in [3.63, 3.8) is 0 Å². The summed E-state index contributed by atoms with van der Waals surface area (Å²) in [7, 11) is 0. The first-order valence-corrected chi connectivity index (χ1v) is 9.60. The molecule has 4 aliphatic rings. The SMILES string of the molecule is CC(=O)[14C@H]1CC[C@H]2[C@@H]3CCC4=CC(=O)CC[C@]4(C)[C@H]3CC[C@@]21C. The lowest BCUT2D eigenvalue weighted by Gasteiger charge is -2.58. The molecule has 6 atom stereocenters. The number of carbonyl (C=O) groups is 2. The minimum atomic E-state index is 0.245. The van der Waals surface area contributed by atoms with Gasteiger partial charge in [0.1, 0.15) is 5.78 Å². The molecule has 0 spiro atoms. The van der Waals surface area contributed by atoms with Crippen LogP contribution in [0, 0.1) is 34.5 Å². The Morgan fingerprint density at radius 2 is 1.91 bits per heavy atom. The van der Waals surface area contributed by atoms with E-state index in [0.717, 1.165) is 43.4 Å². The third-order valence-corrected chi connectivity index (χ3v) is 8.45. The van der Waals surface area contributed by atoms with Crippen LogP contribution in [0.4, 0.5) is 0 Å². The van der Waals surface area contributed by atoms with Gasteiger partial charge in [0.15, 0.2) is 5.78 Å². The van der Waals surface area contributed by atoms with Crippen molar-refractivity contribution in [1.29, 1.82) is 0 Å². The van der Waals surface area contributed by atoms with Crippen molar-refractivity contribution in [1.82, 2.24) is 0 Å². The van der Waals surface area contributed by atoms with Gasteiger partial charge in [-0.25, -0.2) is 0 Å². The summed E-state index contributed by atoms with van der Waals surface area (Å²) in [5.41, 5.74) is 1.95. The van der Waals surface area contributed by atoms with Crippen LogP contribution >= 0.6 is 0 Å². The normalized spacial score (nSPS) is 49.0. The van der Waals surface area contributed by atoms with Crippen LogP contribution in [0.2, 0.25) is 0 Å². The van der Waals surface area contributed by atoms with Crippen LogP contribution < -0.4 is 0 Å². The predicted molar refractivity (Wildman–Crippen MR) is 90.9 cm³/mol. The molecule has 4 aliphatic carbocycles. The van der Waals surface area contributed by atoms with Crippen molar-refractivity contribution in [2.24, 2.45) is 34.5 Å². The van der Waals surface area contributed by atoms with Gasteiger partial charge in [-0.1, -0.05) is 19.4 Å². The average molecular weight is 316 g/mol. The maximum atomic E-state index is 12.1. The van der Waals surface area contributed by atoms with Gasteiger partial charge in [0.05, 0.1) is 0 Å². The molecule has 0 aromatic carbocycles. The third-order valence-electron chi connectivity index (χ3n) is 8.45. The van der Waals surface area contributed by atoms with Crippen LogP contribution in [0.15, 0.2) is 11.6 Å².